The van der Waals surface area contributed by atoms with Crippen LogP contribution in [0.25, 0.3) is 0 Å². The van der Waals surface area contributed by atoms with Crippen LogP contribution in [-0.4, -0.2) is 23.0 Å². The van der Waals surface area contributed by atoms with Crippen LogP contribution in [-0.2, 0) is 0 Å². The number of nitrogens with one attached hydrogen (secondary N) is 2. The van der Waals surface area contributed by atoms with Crippen LogP contribution in [0.5, 0.6) is 0 Å². The van der Waals surface area contributed by atoms with Gasteiger partial charge in [-0.25, -0.2) is 0 Å². The highest BCUT2D eigenvalue weighted by molar-refractivity contribution is 6.33. The molecule has 0 saturated carbocycles. The first-order valence-corrected chi connectivity index (χ1v) is 6.96. The van der Waals surface area contributed by atoms with E-state index in [0.29, 0.717) is 23.1 Å². The first-order valence-electron chi connectivity index (χ1n) is 6.58. The number of anilines is 1. The Hall–Kier alpha value is -1.33. The van der Waals surface area contributed by atoms with E-state index in [2.05, 4.69) is 10.6 Å². The van der Waals surface area contributed by atoms with Crippen LogP contribution in [0.3, 0.4) is 0 Å². The number of non-ortho nitro benzene ring substituents is 1. The van der Waals surface area contributed by atoms with Crippen molar-refractivity contribution < 1.29 is 4.92 Å². The summed E-state index contributed by atoms with van der Waals surface area (Å²) in [6.45, 7) is 0. The van der Waals surface area contributed by atoms with Gasteiger partial charge in [0.05, 0.1) is 15.6 Å². The van der Waals surface area contributed by atoms with Crippen LogP contribution >= 0.6 is 11.6 Å². The molecule has 0 spiro atoms. The zero-order valence-corrected chi connectivity index (χ0v) is 11.2. The predicted octanol–water partition coefficient (Wildman–Crippen LogP) is 2.94. The second-order valence-electron chi connectivity index (χ2n) is 5.37. The molecule has 2 fully saturated rings. The third kappa shape index (κ3) is 2.67. The van der Waals surface area contributed by atoms with Crippen molar-refractivity contribution >= 4 is 23.0 Å². The second-order valence-corrected chi connectivity index (χ2v) is 5.78. The van der Waals surface area contributed by atoms with Crippen molar-refractivity contribution in [1.29, 1.82) is 0 Å². The van der Waals surface area contributed by atoms with Gasteiger partial charge in [0.15, 0.2) is 0 Å². The number of piperidine rings is 1. The molecule has 2 N–H and O–H groups in total. The zero-order valence-electron chi connectivity index (χ0n) is 10.4. The highest BCUT2D eigenvalue weighted by Crippen LogP contribution is 2.32. The van der Waals surface area contributed by atoms with E-state index in [4.69, 9.17) is 11.6 Å². The molecule has 3 rings (SSSR count). The van der Waals surface area contributed by atoms with Gasteiger partial charge in [-0.3, -0.25) is 10.1 Å². The molecular formula is C13H16ClN3O2. The van der Waals surface area contributed by atoms with Crippen molar-refractivity contribution in [2.24, 2.45) is 0 Å². The smallest absolute Gasteiger partial charge is 0.271 e. The maximum absolute atomic E-state index is 10.7. The largest absolute Gasteiger partial charge is 0.381 e. The maximum atomic E-state index is 10.7. The van der Waals surface area contributed by atoms with Gasteiger partial charge in [0.2, 0.25) is 0 Å². The van der Waals surface area contributed by atoms with Gasteiger partial charge >= 0.3 is 0 Å². The fourth-order valence-corrected chi connectivity index (χ4v) is 3.36. The summed E-state index contributed by atoms with van der Waals surface area (Å²) in [5.74, 6) is 0. The summed E-state index contributed by atoms with van der Waals surface area (Å²) in [6, 6.07) is 6.20. The summed E-state index contributed by atoms with van der Waals surface area (Å²) in [5.41, 5.74) is 0.819. The van der Waals surface area contributed by atoms with E-state index in [1.165, 1.54) is 25.0 Å². The van der Waals surface area contributed by atoms with Gasteiger partial charge in [-0.1, -0.05) is 11.6 Å². The molecule has 5 nitrogen and oxygen atoms in total. The lowest BCUT2D eigenvalue weighted by Gasteiger charge is -2.30. The third-order valence-corrected chi connectivity index (χ3v) is 4.31. The van der Waals surface area contributed by atoms with Gasteiger partial charge < -0.3 is 10.6 Å². The minimum absolute atomic E-state index is 0.0286. The quantitative estimate of drug-likeness (QED) is 0.660. The standard InChI is InChI=1S/C13H16ClN3O2/c14-12-7-11(17(18)19)3-4-13(12)16-10-5-8-1-2-9(6-10)15-8/h3-4,7-10,15-16H,1-2,5-6H2. The molecule has 0 radical (unpaired) electrons. The Kier molecular flexibility index (Phi) is 3.33. The van der Waals surface area contributed by atoms with E-state index in [1.807, 2.05) is 0 Å². The van der Waals surface area contributed by atoms with Crippen molar-refractivity contribution in [2.45, 2.75) is 43.8 Å². The number of nitro groups is 1. The molecule has 2 aliphatic rings. The highest BCUT2D eigenvalue weighted by atomic mass is 35.5. The van der Waals surface area contributed by atoms with Crippen LogP contribution in [0, 0.1) is 10.1 Å². The highest BCUT2D eigenvalue weighted by Gasteiger charge is 2.33. The first-order chi connectivity index (χ1) is 9.11. The number of nitrogens with zero attached hydrogens (tertiary/aromatic N) is 1. The number of nitro benzene ring substituents is 1. The molecule has 0 amide bonds. The fraction of sp³-hybridized carbons (Fsp3) is 0.538. The molecule has 19 heavy (non-hydrogen) atoms. The lowest BCUT2D eigenvalue weighted by atomic mass is 9.99. The van der Waals surface area contributed by atoms with Gasteiger partial charge in [0, 0.05) is 30.3 Å². The molecule has 0 aliphatic carbocycles. The molecule has 1 aromatic carbocycles. The van der Waals surface area contributed by atoms with E-state index in [1.54, 1.807) is 6.07 Å². The van der Waals surface area contributed by atoms with Crippen LogP contribution in [0.1, 0.15) is 25.7 Å². The molecule has 2 atom stereocenters. The van der Waals surface area contributed by atoms with Gasteiger partial charge in [0.25, 0.3) is 5.69 Å². The Balaban J connectivity index is 1.71. The molecule has 2 saturated heterocycles. The monoisotopic (exact) mass is 281 g/mol. The van der Waals surface area contributed by atoms with Crippen molar-refractivity contribution in [1.82, 2.24) is 5.32 Å². The lowest BCUT2D eigenvalue weighted by molar-refractivity contribution is -0.384. The summed E-state index contributed by atoms with van der Waals surface area (Å²) in [4.78, 5) is 10.2. The van der Waals surface area contributed by atoms with Crippen molar-refractivity contribution in [3.05, 3.63) is 33.3 Å². The van der Waals surface area contributed by atoms with Crippen LogP contribution < -0.4 is 10.6 Å². The number of halogens is 1. The third-order valence-electron chi connectivity index (χ3n) is 4.00. The van der Waals surface area contributed by atoms with Gasteiger partial charge in [-0.05, 0) is 31.7 Å². The minimum Gasteiger partial charge on any atom is -0.381 e. The predicted molar refractivity (Wildman–Crippen MR) is 74.7 cm³/mol. The molecular weight excluding hydrogens is 266 g/mol. The van der Waals surface area contributed by atoms with E-state index < -0.39 is 4.92 Å². The molecule has 6 heteroatoms. The molecule has 2 aliphatic heterocycles. The maximum Gasteiger partial charge on any atom is 0.271 e. The van der Waals surface area contributed by atoms with Crippen LogP contribution in [0.2, 0.25) is 5.02 Å². The van der Waals surface area contributed by atoms with Gasteiger partial charge in [-0.2, -0.15) is 0 Å². The van der Waals surface area contributed by atoms with Crippen molar-refractivity contribution in [3.63, 3.8) is 0 Å². The molecule has 102 valence electrons. The van der Waals surface area contributed by atoms with E-state index in [9.17, 15) is 10.1 Å². The van der Waals surface area contributed by atoms with E-state index in [0.717, 1.165) is 18.5 Å². The second kappa shape index (κ2) is 4.98. The van der Waals surface area contributed by atoms with Gasteiger partial charge in [-0.15, -0.1) is 0 Å². The number of fused-ring (bicyclic) bond motifs is 2. The molecule has 0 aromatic heterocycles. The number of benzene rings is 1. The molecule has 2 unspecified atom stereocenters. The number of hydrogen-bond donors (Lipinski definition) is 2. The normalized spacial score (nSPS) is 29.2. The van der Waals surface area contributed by atoms with Crippen molar-refractivity contribution in [2.75, 3.05) is 5.32 Å². The Morgan fingerprint density at radius 2 is 2.00 bits per heavy atom. The number of rotatable bonds is 3. The van der Waals surface area contributed by atoms with Crippen molar-refractivity contribution in [3.8, 4) is 0 Å². The summed E-state index contributed by atoms with van der Waals surface area (Å²) in [5, 5.41) is 18.1. The average molecular weight is 282 g/mol. The van der Waals surface area contributed by atoms with Crippen LogP contribution in [0.15, 0.2) is 18.2 Å². The Bertz CT molecular complexity index is 497. The summed E-state index contributed by atoms with van der Waals surface area (Å²) in [6.07, 6.45) is 4.67. The van der Waals surface area contributed by atoms with E-state index in [-0.39, 0.29) is 5.69 Å². The Morgan fingerprint density at radius 1 is 1.32 bits per heavy atom. The molecule has 1 aromatic rings. The van der Waals surface area contributed by atoms with Crippen LogP contribution in [0.4, 0.5) is 11.4 Å². The molecule has 2 heterocycles. The lowest BCUT2D eigenvalue weighted by Crippen LogP contribution is -2.43. The topological polar surface area (TPSA) is 67.2 Å². The minimum atomic E-state index is -0.430. The van der Waals surface area contributed by atoms with Gasteiger partial charge in [0.1, 0.15) is 0 Å². The first kappa shape index (κ1) is 12.7. The molecule has 2 bridgehead atoms. The summed E-state index contributed by atoms with van der Waals surface area (Å²) in [7, 11) is 0. The summed E-state index contributed by atoms with van der Waals surface area (Å²) >= 11 is 6.10. The zero-order chi connectivity index (χ0) is 13.4. The number of hydrogen-bond acceptors (Lipinski definition) is 4. The van der Waals surface area contributed by atoms with E-state index >= 15 is 0 Å². The average Bonchev–Trinajstić information content (AvgIpc) is 2.71. The summed E-state index contributed by atoms with van der Waals surface area (Å²) < 4.78 is 0. The Labute approximate surface area is 116 Å². The fourth-order valence-electron chi connectivity index (χ4n) is 3.13. The Morgan fingerprint density at radius 3 is 2.58 bits per heavy atom. The SMILES string of the molecule is O=[N+]([O-])c1ccc(NC2CC3CCC(C2)N3)c(Cl)c1.